The molecule has 1 aliphatic heterocycles. The molecular formula is C14H22ClIN4O3S. The van der Waals surface area contributed by atoms with Crippen LogP contribution in [0.4, 0.5) is 0 Å². The van der Waals surface area contributed by atoms with Crippen LogP contribution in [-0.4, -0.2) is 58.2 Å². The minimum atomic E-state index is -3.59. The van der Waals surface area contributed by atoms with E-state index in [-0.39, 0.29) is 48.1 Å². The Hall–Kier alpha value is -0.620. The van der Waals surface area contributed by atoms with Gasteiger partial charge in [-0.1, -0.05) is 17.7 Å². The molecule has 136 valence electrons. The number of sulfonamides is 1. The highest BCUT2D eigenvalue weighted by molar-refractivity contribution is 14.0. The maximum absolute atomic E-state index is 12.1. The van der Waals surface area contributed by atoms with Crippen LogP contribution in [0.1, 0.15) is 6.92 Å². The molecular weight excluding hydrogens is 467 g/mol. The van der Waals surface area contributed by atoms with E-state index in [1.54, 1.807) is 12.1 Å². The normalized spacial score (nSPS) is 19.0. The largest absolute Gasteiger partial charge is 0.375 e. The molecule has 1 aliphatic rings. The summed E-state index contributed by atoms with van der Waals surface area (Å²) in [7, 11) is -3.59. The van der Waals surface area contributed by atoms with Crippen LogP contribution >= 0.6 is 35.6 Å². The molecule has 1 heterocycles. The lowest BCUT2D eigenvalue weighted by molar-refractivity contribution is 0.00530. The van der Waals surface area contributed by atoms with Crippen LogP contribution in [-0.2, 0) is 14.8 Å². The SMILES string of the molecule is CC1CN(C(N)=NCCNS(=O)(=O)c2cccc(Cl)c2)CCO1.I. The first-order valence-corrected chi connectivity index (χ1v) is 9.16. The molecule has 2 rings (SSSR count). The number of aliphatic imine (C=N–C) groups is 1. The van der Waals surface area contributed by atoms with Gasteiger partial charge >= 0.3 is 0 Å². The predicted molar refractivity (Wildman–Crippen MR) is 106 cm³/mol. The van der Waals surface area contributed by atoms with Gasteiger partial charge in [0, 0.05) is 24.7 Å². The lowest BCUT2D eigenvalue weighted by Gasteiger charge is -2.31. The lowest BCUT2D eigenvalue weighted by atomic mass is 10.3. The van der Waals surface area contributed by atoms with Crippen molar-refractivity contribution in [3.05, 3.63) is 29.3 Å². The van der Waals surface area contributed by atoms with Gasteiger partial charge in [0.05, 0.1) is 24.2 Å². The fourth-order valence-electron chi connectivity index (χ4n) is 2.19. The summed E-state index contributed by atoms with van der Waals surface area (Å²) in [6, 6.07) is 6.10. The van der Waals surface area contributed by atoms with Crippen molar-refractivity contribution in [2.24, 2.45) is 10.7 Å². The van der Waals surface area contributed by atoms with E-state index in [0.29, 0.717) is 30.7 Å². The van der Waals surface area contributed by atoms with Gasteiger partial charge in [0.1, 0.15) is 0 Å². The number of halogens is 2. The van der Waals surface area contributed by atoms with Crippen molar-refractivity contribution < 1.29 is 13.2 Å². The Labute approximate surface area is 164 Å². The molecule has 1 aromatic carbocycles. The number of nitrogens with two attached hydrogens (primary N) is 1. The number of nitrogens with zero attached hydrogens (tertiary/aromatic N) is 2. The minimum absolute atomic E-state index is 0. The van der Waals surface area contributed by atoms with E-state index in [9.17, 15) is 8.42 Å². The Morgan fingerprint density at radius 2 is 2.29 bits per heavy atom. The third-order valence-corrected chi connectivity index (χ3v) is 5.04. The van der Waals surface area contributed by atoms with Crippen molar-refractivity contribution in [3.63, 3.8) is 0 Å². The van der Waals surface area contributed by atoms with Crippen LogP contribution in [0.5, 0.6) is 0 Å². The highest BCUT2D eigenvalue weighted by atomic mass is 127. The van der Waals surface area contributed by atoms with E-state index in [1.165, 1.54) is 12.1 Å². The van der Waals surface area contributed by atoms with E-state index in [0.717, 1.165) is 0 Å². The van der Waals surface area contributed by atoms with E-state index >= 15 is 0 Å². The first kappa shape index (κ1) is 21.4. The van der Waals surface area contributed by atoms with Gasteiger partial charge in [-0.25, -0.2) is 13.1 Å². The maximum atomic E-state index is 12.1. The van der Waals surface area contributed by atoms with Gasteiger partial charge < -0.3 is 15.4 Å². The lowest BCUT2D eigenvalue weighted by Crippen LogP contribution is -2.48. The van der Waals surface area contributed by atoms with Crippen molar-refractivity contribution in [2.45, 2.75) is 17.9 Å². The first-order chi connectivity index (χ1) is 10.9. The average Bonchev–Trinajstić information content (AvgIpc) is 2.51. The topological polar surface area (TPSA) is 97.0 Å². The Kier molecular flexibility index (Phi) is 8.71. The van der Waals surface area contributed by atoms with Gasteiger partial charge in [-0.2, -0.15) is 0 Å². The van der Waals surface area contributed by atoms with Gasteiger partial charge in [0.25, 0.3) is 0 Å². The number of nitrogens with one attached hydrogen (secondary N) is 1. The zero-order valence-corrected chi connectivity index (χ0v) is 17.2. The number of ether oxygens (including phenoxy) is 1. The Balaban J connectivity index is 0.00000288. The molecule has 1 aromatic rings. The smallest absolute Gasteiger partial charge is 0.240 e. The summed E-state index contributed by atoms with van der Waals surface area (Å²) in [6.45, 7) is 4.38. The molecule has 0 saturated carbocycles. The van der Waals surface area contributed by atoms with Crippen molar-refractivity contribution in [2.75, 3.05) is 32.8 Å². The molecule has 3 N–H and O–H groups in total. The molecule has 0 bridgehead atoms. The highest BCUT2D eigenvalue weighted by Crippen LogP contribution is 2.14. The standard InChI is InChI=1S/C14H21ClN4O3S.HI/c1-11-10-19(7-8-22-11)14(16)17-5-6-18-23(20,21)13-4-2-3-12(15)9-13;/h2-4,9,11,18H,5-8,10H2,1H3,(H2,16,17);1H. The zero-order valence-electron chi connectivity index (χ0n) is 13.3. The number of hydrogen-bond donors (Lipinski definition) is 2. The summed E-state index contributed by atoms with van der Waals surface area (Å²) in [5.74, 6) is 0.405. The molecule has 0 amide bonds. The van der Waals surface area contributed by atoms with Crippen LogP contribution in [0.25, 0.3) is 0 Å². The summed E-state index contributed by atoms with van der Waals surface area (Å²) in [6.07, 6.45) is 0.110. The van der Waals surface area contributed by atoms with Crippen LogP contribution in [0.2, 0.25) is 5.02 Å². The minimum Gasteiger partial charge on any atom is -0.375 e. The van der Waals surface area contributed by atoms with Crippen molar-refractivity contribution >= 4 is 51.6 Å². The van der Waals surface area contributed by atoms with Crippen LogP contribution in [0.3, 0.4) is 0 Å². The monoisotopic (exact) mass is 488 g/mol. The summed E-state index contributed by atoms with van der Waals surface area (Å²) < 4.78 is 32.1. The van der Waals surface area contributed by atoms with Crippen molar-refractivity contribution in [1.82, 2.24) is 9.62 Å². The number of morpholine rings is 1. The van der Waals surface area contributed by atoms with E-state index in [4.69, 9.17) is 22.1 Å². The molecule has 1 saturated heterocycles. The third-order valence-electron chi connectivity index (χ3n) is 3.35. The number of hydrogen-bond acceptors (Lipinski definition) is 4. The van der Waals surface area contributed by atoms with Crippen molar-refractivity contribution in [3.8, 4) is 0 Å². The van der Waals surface area contributed by atoms with E-state index in [1.807, 2.05) is 11.8 Å². The van der Waals surface area contributed by atoms with Gasteiger partial charge in [-0.05, 0) is 25.1 Å². The molecule has 0 radical (unpaired) electrons. The Morgan fingerprint density at radius 1 is 1.54 bits per heavy atom. The molecule has 0 aliphatic carbocycles. The molecule has 24 heavy (non-hydrogen) atoms. The van der Waals surface area contributed by atoms with Crippen LogP contribution in [0, 0.1) is 0 Å². The second-order valence-electron chi connectivity index (χ2n) is 5.22. The predicted octanol–water partition coefficient (Wildman–Crippen LogP) is 1.27. The third kappa shape index (κ3) is 6.36. The molecule has 0 spiro atoms. The molecule has 0 aromatic heterocycles. The molecule has 1 unspecified atom stereocenters. The quantitative estimate of drug-likeness (QED) is 0.282. The van der Waals surface area contributed by atoms with Gasteiger partial charge in [-0.15, -0.1) is 24.0 Å². The van der Waals surface area contributed by atoms with E-state index in [2.05, 4.69) is 9.71 Å². The zero-order chi connectivity index (χ0) is 16.9. The van der Waals surface area contributed by atoms with Gasteiger partial charge in [0.15, 0.2) is 5.96 Å². The average molecular weight is 489 g/mol. The van der Waals surface area contributed by atoms with Gasteiger partial charge in [-0.3, -0.25) is 4.99 Å². The molecule has 7 nitrogen and oxygen atoms in total. The van der Waals surface area contributed by atoms with Crippen molar-refractivity contribution in [1.29, 1.82) is 0 Å². The Morgan fingerprint density at radius 3 is 2.96 bits per heavy atom. The number of benzene rings is 1. The molecule has 10 heteroatoms. The summed E-state index contributed by atoms with van der Waals surface area (Å²) in [4.78, 5) is 6.27. The summed E-state index contributed by atoms with van der Waals surface area (Å²) in [5.41, 5.74) is 5.92. The second-order valence-corrected chi connectivity index (χ2v) is 7.43. The molecule has 1 atom stereocenters. The van der Waals surface area contributed by atoms with Crippen LogP contribution in [0.15, 0.2) is 34.2 Å². The van der Waals surface area contributed by atoms with Crippen LogP contribution < -0.4 is 10.5 Å². The fraction of sp³-hybridized carbons (Fsp3) is 0.500. The first-order valence-electron chi connectivity index (χ1n) is 7.30. The fourth-order valence-corrected chi connectivity index (χ4v) is 3.52. The number of rotatable bonds is 5. The summed E-state index contributed by atoms with van der Waals surface area (Å²) in [5, 5.41) is 0.372. The van der Waals surface area contributed by atoms with Gasteiger partial charge in [0.2, 0.25) is 10.0 Å². The maximum Gasteiger partial charge on any atom is 0.240 e. The van der Waals surface area contributed by atoms with E-state index < -0.39 is 10.0 Å². The molecule has 1 fully saturated rings. The summed E-state index contributed by atoms with van der Waals surface area (Å²) >= 11 is 5.81. The second kappa shape index (κ2) is 9.76. The highest BCUT2D eigenvalue weighted by Gasteiger charge is 2.18. The Bertz CT molecular complexity index is 672. The number of guanidine groups is 1.